The van der Waals surface area contributed by atoms with Crippen LogP contribution in [0.1, 0.15) is 233 Å². The van der Waals surface area contributed by atoms with Gasteiger partial charge in [-0.3, -0.25) is 0 Å². The van der Waals surface area contributed by atoms with Crippen molar-refractivity contribution in [2.24, 2.45) is 0 Å². The summed E-state index contributed by atoms with van der Waals surface area (Å²) in [6, 6.07) is 0. The molecule has 0 nitrogen and oxygen atoms in total. The second kappa shape index (κ2) is 38.6. The Hall–Kier alpha value is 2.90. The van der Waals surface area contributed by atoms with Crippen molar-refractivity contribution in [1.82, 2.24) is 0 Å². The first-order chi connectivity index (χ1) is 30.7. The van der Waals surface area contributed by atoms with Crippen molar-refractivity contribution < 1.29 is 0 Å². The third-order valence-corrected chi connectivity index (χ3v) is 29.3. The SMILES string of the molecule is CCCCCCCCCCSC1=C(SCCCCCCCCCC)SC(=C2SC3=C(S2)SC(=C2SC(SCCCCCCCCCC)=C(SCCCCCCCCCC)S2)S3)S1. The Morgan fingerprint density at radius 3 is 0.565 bits per heavy atom. The summed E-state index contributed by atoms with van der Waals surface area (Å²) in [7, 11) is 0. The summed E-state index contributed by atoms with van der Waals surface area (Å²) in [5.41, 5.74) is 0. The van der Waals surface area contributed by atoms with E-state index in [0.29, 0.717) is 0 Å². The maximum absolute atomic E-state index is 2.32. The summed E-state index contributed by atoms with van der Waals surface area (Å²) in [6.07, 6.45) is 45.0. The van der Waals surface area contributed by atoms with E-state index in [1.165, 1.54) is 228 Å². The van der Waals surface area contributed by atoms with E-state index in [0.717, 1.165) is 0 Å². The van der Waals surface area contributed by atoms with E-state index < -0.39 is 0 Å². The van der Waals surface area contributed by atoms with E-state index in [2.05, 4.69) is 169 Å². The molecule has 0 aromatic carbocycles. The molecule has 0 saturated heterocycles. The summed E-state index contributed by atoms with van der Waals surface area (Å²) in [4.78, 5) is 0. The molecule has 0 saturated carbocycles. The molecule has 0 aromatic rings. The van der Waals surface area contributed by atoms with Gasteiger partial charge in [0.1, 0.15) is 0 Å². The molecule has 0 fully saturated rings. The van der Waals surface area contributed by atoms with Crippen LogP contribution < -0.4 is 0 Å². The number of unbranched alkanes of at least 4 members (excludes halogenated alkanes) is 28. The number of hydrogen-bond donors (Lipinski definition) is 0. The predicted molar refractivity (Wildman–Crippen MR) is 316 cm³/mol. The van der Waals surface area contributed by atoms with Crippen molar-refractivity contribution in [1.29, 1.82) is 0 Å². The average Bonchev–Trinajstić information content (AvgIpc) is 4.07. The molecule has 62 heavy (non-hydrogen) atoms. The summed E-state index contributed by atoms with van der Waals surface area (Å²) < 4.78 is 15.8. The Kier molecular flexibility index (Phi) is 35.8. The highest BCUT2D eigenvalue weighted by Crippen LogP contribution is 2.73. The van der Waals surface area contributed by atoms with Gasteiger partial charge in [-0.1, -0.05) is 302 Å². The predicted octanol–water partition coefficient (Wildman–Crippen LogP) is 24.0. The van der Waals surface area contributed by atoms with Crippen LogP contribution in [0.25, 0.3) is 0 Å². The molecule has 4 rings (SSSR count). The van der Waals surface area contributed by atoms with Crippen molar-refractivity contribution in [2.45, 2.75) is 233 Å². The molecule has 0 aliphatic carbocycles. The van der Waals surface area contributed by atoms with Gasteiger partial charge in [-0.05, 0) is 48.7 Å². The standard InChI is InChI=1S/C50H84S12/c1-5-9-13-17-21-25-29-33-37-51-41-42(52-38-34-30-26-22-18-14-10-6-2)56-45(55-41)47-59-49-50(60-47)62-48(61-49)46-57-43(53-39-35-31-27-23-19-15-11-7-3)44(58-46)54-40-36-32-28-24-20-16-12-8-4/h5-40H2,1-4H3. The molecule has 0 spiro atoms. The van der Waals surface area contributed by atoms with Crippen LogP contribution in [0.5, 0.6) is 0 Å². The molecule has 4 aliphatic rings. The quantitative estimate of drug-likeness (QED) is 0.0537. The Morgan fingerprint density at radius 1 is 0.210 bits per heavy atom. The summed E-state index contributed by atoms with van der Waals surface area (Å²) in [5.74, 6) is 5.12. The smallest absolute Gasteiger partial charge is 0.0718 e. The molecule has 4 heterocycles. The minimum Gasteiger partial charge on any atom is -0.117 e. The van der Waals surface area contributed by atoms with Gasteiger partial charge in [0, 0.05) is 0 Å². The van der Waals surface area contributed by atoms with E-state index in [1.54, 1.807) is 42.4 Å². The maximum Gasteiger partial charge on any atom is 0.0718 e. The van der Waals surface area contributed by atoms with Gasteiger partial charge in [0.2, 0.25) is 0 Å². The molecule has 356 valence electrons. The van der Waals surface area contributed by atoms with E-state index >= 15 is 0 Å². The van der Waals surface area contributed by atoms with E-state index in [4.69, 9.17) is 0 Å². The van der Waals surface area contributed by atoms with Crippen molar-refractivity contribution in [3.8, 4) is 0 Å². The van der Waals surface area contributed by atoms with Gasteiger partial charge in [-0.2, -0.15) is 0 Å². The lowest BCUT2D eigenvalue weighted by molar-refractivity contribution is 0.586. The number of thioether (sulfide) groups is 12. The highest BCUT2D eigenvalue weighted by Gasteiger charge is 2.37. The molecule has 0 atom stereocenters. The van der Waals surface area contributed by atoms with Crippen LogP contribution in [0.15, 0.2) is 42.4 Å². The molecule has 0 amide bonds. The van der Waals surface area contributed by atoms with Gasteiger partial charge in [0.15, 0.2) is 0 Å². The monoisotopic (exact) mass is 1070 g/mol. The Morgan fingerprint density at radius 2 is 0.371 bits per heavy atom. The summed E-state index contributed by atoms with van der Waals surface area (Å²) in [6.45, 7) is 9.28. The van der Waals surface area contributed by atoms with Gasteiger partial charge in [-0.25, -0.2) is 0 Å². The lowest BCUT2D eigenvalue weighted by Gasteiger charge is -2.08. The summed E-state index contributed by atoms with van der Waals surface area (Å²) in [5, 5.41) is 0. The van der Waals surface area contributed by atoms with Gasteiger partial charge in [-0.15, -0.1) is 47.0 Å². The van der Waals surface area contributed by atoms with Gasteiger partial charge < -0.3 is 0 Å². The van der Waals surface area contributed by atoms with Gasteiger partial charge >= 0.3 is 0 Å². The van der Waals surface area contributed by atoms with Crippen LogP contribution >= 0.6 is 141 Å². The molecule has 0 bridgehead atoms. The van der Waals surface area contributed by atoms with Gasteiger partial charge in [0.05, 0.1) is 42.4 Å². The number of rotatable bonds is 40. The third kappa shape index (κ3) is 24.6. The van der Waals surface area contributed by atoms with Crippen LogP contribution in [0.4, 0.5) is 0 Å². The zero-order valence-electron chi connectivity index (χ0n) is 39.4. The minimum absolute atomic E-state index is 1.28. The minimum atomic E-state index is 1.28. The zero-order valence-corrected chi connectivity index (χ0v) is 49.2. The van der Waals surface area contributed by atoms with Crippen molar-refractivity contribution in [2.75, 3.05) is 23.0 Å². The lowest BCUT2D eigenvalue weighted by atomic mass is 10.1. The van der Waals surface area contributed by atoms with Crippen LogP contribution in [-0.4, -0.2) is 23.0 Å². The highest BCUT2D eigenvalue weighted by atomic mass is 32.3. The van der Waals surface area contributed by atoms with Crippen molar-refractivity contribution >= 4 is 141 Å². The van der Waals surface area contributed by atoms with Crippen LogP contribution in [0.3, 0.4) is 0 Å². The molecule has 0 unspecified atom stereocenters. The first kappa shape index (κ1) is 57.5. The molecule has 12 heteroatoms. The maximum atomic E-state index is 2.32. The molecule has 0 radical (unpaired) electrons. The van der Waals surface area contributed by atoms with E-state index in [1.807, 2.05) is 0 Å². The van der Waals surface area contributed by atoms with Crippen molar-refractivity contribution in [3.05, 3.63) is 42.4 Å². The molecule has 4 aliphatic heterocycles. The van der Waals surface area contributed by atoms with Crippen LogP contribution in [0.2, 0.25) is 0 Å². The second-order valence-electron chi connectivity index (χ2n) is 17.0. The fourth-order valence-corrected chi connectivity index (χ4v) is 26.3. The third-order valence-electron chi connectivity index (χ3n) is 11.2. The largest absolute Gasteiger partial charge is 0.117 e. The first-order valence-corrected chi connectivity index (χ1v) is 35.8. The molecule has 0 N–H and O–H groups in total. The first-order valence-electron chi connectivity index (χ1n) is 25.3. The topological polar surface area (TPSA) is 0 Å². The fraction of sp³-hybridized carbons (Fsp3) is 0.800. The van der Waals surface area contributed by atoms with Crippen LogP contribution in [0, 0.1) is 0 Å². The van der Waals surface area contributed by atoms with E-state index in [-0.39, 0.29) is 0 Å². The highest BCUT2D eigenvalue weighted by molar-refractivity contribution is 8.51. The Bertz CT molecular complexity index is 1190. The van der Waals surface area contributed by atoms with Gasteiger partial charge in [0.25, 0.3) is 0 Å². The second-order valence-corrected chi connectivity index (χ2v) is 32.2. The molecular weight excluding hydrogens is 985 g/mol. The zero-order chi connectivity index (χ0) is 43.7. The summed E-state index contributed by atoms with van der Waals surface area (Å²) >= 11 is 25.5. The normalized spacial score (nSPS) is 16.8. The Balaban J connectivity index is 1.26. The average molecular weight is 1070 g/mol. The van der Waals surface area contributed by atoms with E-state index in [9.17, 15) is 0 Å². The lowest BCUT2D eigenvalue weighted by Crippen LogP contribution is -1.85. The van der Waals surface area contributed by atoms with Crippen molar-refractivity contribution in [3.63, 3.8) is 0 Å². The molecular formula is C50H84S12. The Labute approximate surface area is 435 Å². The number of hydrogen-bond acceptors (Lipinski definition) is 12. The fourth-order valence-electron chi connectivity index (χ4n) is 7.42. The molecule has 0 aromatic heterocycles. The van der Waals surface area contributed by atoms with Crippen LogP contribution in [-0.2, 0) is 0 Å².